The maximum Gasteiger partial charge on any atom is 0.122 e. The summed E-state index contributed by atoms with van der Waals surface area (Å²) in [7, 11) is 3.38. The van der Waals surface area contributed by atoms with Gasteiger partial charge in [-0.05, 0) is 29.3 Å². The highest BCUT2D eigenvalue weighted by Gasteiger charge is 2.17. The standard InChI is InChI=1S/C19H25N3O2/c1-23-18-10-17(11-19(12-18)24-2)15-22-8-6-21(7-9-22)14-16-4-3-5-20-13-16/h3-5,10-13H,6-9,14-15H2,1-2H3. The molecule has 1 aromatic heterocycles. The van der Waals surface area contributed by atoms with Gasteiger partial charge in [0.25, 0.3) is 0 Å². The quantitative estimate of drug-likeness (QED) is 0.814. The molecule has 0 unspecified atom stereocenters. The zero-order valence-electron chi connectivity index (χ0n) is 14.4. The lowest BCUT2D eigenvalue weighted by molar-refractivity contribution is 0.122. The molecule has 0 saturated carbocycles. The van der Waals surface area contributed by atoms with Crippen LogP contribution in [-0.2, 0) is 13.1 Å². The Kier molecular flexibility index (Phi) is 5.67. The summed E-state index contributed by atoms with van der Waals surface area (Å²) >= 11 is 0. The number of piperazine rings is 1. The van der Waals surface area contributed by atoms with Gasteiger partial charge in [0.15, 0.2) is 0 Å². The number of nitrogens with zero attached hydrogens (tertiary/aromatic N) is 3. The fraction of sp³-hybridized carbons (Fsp3) is 0.421. The van der Waals surface area contributed by atoms with Crippen LogP contribution in [0.3, 0.4) is 0 Å². The molecule has 0 radical (unpaired) electrons. The van der Waals surface area contributed by atoms with Crippen molar-refractivity contribution >= 4 is 0 Å². The molecule has 1 aliphatic rings. The van der Waals surface area contributed by atoms with Crippen LogP contribution in [0, 0.1) is 0 Å². The fourth-order valence-corrected chi connectivity index (χ4v) is 3.07. The van der Waals surface area contributed by atoms with Crippen LogP contribution in [0.25, 0.3) is 0 Å². The number of hydrogen-bond donors (Lipinski definition) is 0. The summed E-state index contributed by atoms with van der Waals surface area (Å²) in [5.41, 5.74) is 2.51. The van der Waals surface area contributed by atoms with E-state index in [0.29, 0.717) is 0 Å². The molecule has 3 rings (SSSR count). The topological polar surface area (TPSA) is 37.8 Å². The summed E-state index contributed by atoms with van der Waals surface area (Å²) in [6.45, 7) is 6.20. The monoisotopic (exact) mass is 327 g/mol. The molecule has 0 bridgehead atoms. The van der Waals surface area contributed by atoms with E-state index in [4.69, 9.17) is 9.47 Å². The van der Waals surface area contributed by atoms with E-state index in [2.05, 4.69) is 33.0 Å². The molecule has 0 spiro atoms. The maximum atomic E-state index is 5.36. The minimum Gasteiger partial charge on any atom is -0.497 e. The molecule has 1 fully saturated rings. The Morgan fingerprint density at radius 3 is 1.96 bits per heavy atom. The van der Waals surface area contributed by atoms with Gasteiger partial charge in [-0.15, -0.1) is 0 Å². The summed E-state index contributed by atoms with van der Waals surface area (Å²) in [5, 5.41) is 0. The van der Waals surface area contributed by atoms with Crippen molar-refractivity contribution < 1.29 is 9.47 Å². The maximum absolute atomic E-state index is 5.36. The number of benzene rings is 1. The first kappa shape index (κ1) is 16.7. The van der Waals surface area contributed by atoms with Gasteiger partial charge in [-0.25, -0.2) is 0 Å². The second-order valence-corrected chi connectivity index (χ2v) is 6.13. The first-order chi connectivity index (χ1) is 11.8. The molecular weight excluding hydrogens is 302 g/mol. The number of ether oxygens (including phenoxy) is 2. The third kappa shape index (κ3) is 4.46. The number of hydrogen-bond acceptors (Lipinski definition) is 5. The van der Waals surface area contributed by atoms with Crippen LogP contribution in [0.4, 0.5) is 0 Å². The fourth-order valence-electron chi connectivity index (χ4n) is 3.07. The van der Waals surface area contributed by atoms with Gasteiger partial charge in [-0.3, -0.25) is 14.8 Å². The molecule has 24 heavy (non-hydrogen) atoms. The predicted octanol–water partition coefficient (Wildman–Crippen LogP) is 2.42. The van der Waals surface area contributed by atoms with Gasteiger partial charge in [-0.1, -0.05) is 6.07 Å². The van der Waals surface area contributed by atoms with Crippen LogP contribution in [0.2, 0.25) is 0 Å². The van der Waals surface area contributed by atoms with Gasteiger partial charge in [0.2, 0.25) is 0 Å². The van der Waals surface area contributed by atoms with Crippen LogP contribution in [-0.4, -0.2) is 55.2 Å². The van der Waals surface area contributed by atoms with Gasteiger partial charge >= 0.3 is 0 Å². The van der Waals surface area contributed by atoms with Gasteiger partial charge in [-0.2, -0.15) is 0 Å². The second kappa shape index (κ2) is 8.13. The minimum absolute atomic E-state index is 0.847. The number of methoxy groups -OCH3 is 2. The highest BCUT2D eigenvalue weighted by molar-refractivity contribution is 5.38. The van der Waals surface area contributed by atoms with Gasteiger partial charge in [0.05, 0.1) is 14.2 Å². The predicted molar refractivity (Wildman–Crippen MR) is 94.3 cm³/mol. The molecule has 0 atom stereocenters. The van der Waals surface area contributed by atoms with Crippen LogP contribution in [0.15, 0.2) is 42.7 Å². The average molecular weight is 327 g/mol. The SMILES string of the molecule is COc1cc(CN2CCN(Cc3cccnc3)CC2)cc(OC)c1. The molecule has 1 aliphatic heterocycles. The minimum atomic E-state index is 0.847. The Morgan fingerprint density at radius 1 is 0.875 bits per heavy atom. The van der Waals surface area contributed by atoms with Crippen molar-refractivity contribution in [2.24, 2.45) is 0 Å². The number of pyridine rings is 1. The lowest BCUT2D eigenvalue weighted by Crippen LogP contribution is -2.45. The van der Waals surface area contributed by atoms with Crippen molar-refractivity contribution in [3.05, 3.63) is 53.9 Å². The van der Waals surface area contributed by atoms with Crippen LogP contribution in [0.5, 0.6) is 11.5 Å². The summed E-state index contributed by atoms with van der Waals surface area (Å²) < 4.78 is 10.7. The molecule has 0 amide bonds. The Bertz CT molecular complexity index is 618. The van der Waals surface area contributed by atoms with E-state index in [9.17, 15) is 0 Å². The van der Waals surface area contributed by atoms with Crippen molar-refractivity contribution in [2.75, 3.05) is 40.4 Å². The van der Waals surface area contributed by atoms with Crippen molar-refractivity contribution in [2.45, 2.75) is 13.1 Å². The van der Waals surface area contributed by atoms with Crippen molar-refractivity contribution in [3.63, 3.8) is 0 Å². The molecular formula is C19H25N3O2. The molecule has 2 aromatic rings. The van der Waals surface area contributed by atoms with E-state index < -0.39 is 0 Å². The van der Waals surface area contributed by atoms with Gasteiger partial charge in [0, 0.05) is 57.7 Å². The largest absolute Gasteiger partial charge is 0.497 e. The molecule has 5 nitrogen and oxygen atoms in total. The van der Waals surface area contributed by atoms with E-state index in [-0.39, 0.29) is 0 Å². The lowest BCUT2D eigenvalue weighted by atomic mass is 10.1. The second-order valence-electron chi connectivity index (χ2n) is 6.13. The van der Waals surface area contributed by atoms with Crippen LogP contribution < -0.4 is 9.47 Å². The van der Waals surface area contributed by atoms with Crippen LogP contribution in [0.1, 0.15) is 11.1 Å². The summed E-state index contributed by atoms with van der Waals surface area (Å²) in [6.07, 6.45) is 3.78. The van der Waals surface area contributed by atoms with E-state index in [1.54, 1.807) is 14.2 Å². The van der Waals surface area contributed by atoms with Crippen LogP contribution >= 0.6 is 0 Å². The summed E-state index contributed by atoms with van der Waals surface area (Å²) in [5.74, 6) is 1.69. The normalized spacial score (nSPS) is 16.1. The van der Waals surface area contributed by atoms with E-state index >= 15 is 0 Å². The number of aromatic nitrogens is 1. The summed E-state index contributed by atoms with van der Waals surface area (Å²) in [4.78, 5) is 9.16. The van der Waals surface area contributed by atoms with E-state index in [1.807, 2.05) is 24.5 Å². The van der Waals surface area contributed by atoms with Crippen molar-refractivity contribution in [3.8, 4) is 11.5 Å². The molecule has 0 N–H and O–H groups in total. The first-order valence-corrected chi connectivity index (χ1v) is 8.32. The highest BCUT2D eigenvalue weighted by Crippen LogP contribution is 2.23. The van der Waals surface area contributed by atoms with Crippen molar-refractivity contribution in [1.82, 2.24) is 14.8 Å². The Hall–Kier alpha value is -2.11. The van der Waals surface area contributed by atoms with Gasteiger partial charge in [0.1, 0.15) is 11.5 Å². The molecule has 0 aliphatic carbocycles. The van der Waals surface area contributed by atoms with Gasteiger partial charge < -0.3 is 9.47 Å². The van der Waals surface area contributed by atoms with Crippen molar-refractivity contribution in [1.29, 1.82) is 0 Å². The zero-order valence-corrected chi connectivity index (χ0v) is 14.4. The number of rotatable bonds is 6. The first-order valence-electron chi connectivity index (χ1n) is 8.32. The third-order valence-corrected chi connectivity index (χ3v) is 4.41. The zero-order chi connectivity index (χ0) is 16.8. The Balaban J connectivity index is 1.54. The third-order valence-electron chi connectivity index (χ3n) is 4.41. The molecule has 1 aromatic carbocycles. The molecule has 128 valence electrons. The smallest absolute Gasteiger partial charge is 0.122 e. The average Bonchev–Trinajstić information content (AvgIpc) is 2.64. The molecule has 5 heteroatoms. The molecule has 2 heterocycles. The van der Waals surface area contributed by atoms with E-state index in [0.717, 1.165) is 50.8 Å². The molecule has 1 saturated heterocycles. The Morgan fingerprint density at radius 2 is 1.46 bits per heavy atom. The summed E-state index contributed by atoms with van der Waals surface area (Å²) in [6, 6.07) is 10.2. The van der Waals surface area contributed by atoms with E-state index in [1.165, 1.54) is 11.1 Å². The Labute approximate surface area is 143 Å². The highest BCUT2D eigenvalue weighted by atomic mass is 16.5. The lowest BCUT2D eigenvalue weighted by Gasteiger charge is -2.34.